The van der Waals surface area contributed by atoms with E-state index in [1.54, 1.807) is 4.68 Å². The highest BCUT2D eigenvalue weighted by Crippen LogP contribution is 2.21. The number of thiophene rings is 1. The number of carbonyl (C=O) groups excluding carboxylic acids is 2. The monoisotopic (exact) mass is 381 g/mol. The predicted molar refractivity (Wildman–Crippen MR) is 109 cm³/mol. The van der Waals surface area contributed by atoms with Crippen LogP contribution in [0.1, 0.15) is 44.2 Å². The Labute approximate surface area is 163 Å². The van der Waals surface area contributed by atoms with Gasteiger partial charge in [0, 0.05) is 23.8 Å². The fourth-order valence-corrected chi connectivity index (χ4v) is 3.83. The van der Waals surface area contributed by atoms with Crippen LogP contribution in [0.25, 0.3) is 5.69 Å². The summed E-state index contributed by atoms with van der Waals surface area (Å²) in [6.07, 6.45) is 0.343. The molecule has 1 N–H and O–H groups in total. The van der Waals surface area contributed by atoms with Crippen molar-refractivity contribution in [2.75, 3.05) is 5.32 Å². The molecule has 1 aromatic carbocycles. The molecule has 0 saturated heterocycles. The number of anilines is 1. The van der Waals surface area contributed by atoms with Crippen LogP contribution in [0.15, 0.2) is 36.4 Å². The van der Waals surface area contributed by atoms with Crippen molar-refractivity contribution in [3.63, 3.8) is 0 Å². The lowest BCUT2D eigenvalue weighted by Gasteiger charge is -2.10. The first-order valence-electron chi connectivity index (χ1n) is 8.86. The SMILES string of the molecule is Cc1cc(C)cc(-n2nc(C)cc2NC(=O)CCC(=O)c2ccc(C)s2)c1. The van der Waals surface area contributed by atoms with Gasteiger partial charge < -0.3 is 5.32 Å². The van der Waals surface area contributed by atoms with E-state index in [9.17, 15) is 9.59 Å². The van der Waals surface area contributed by atoms with Crippen molar-refractivity contribution in [3.05, 3.63) is 63.0 Å². The summed E-state index contributed by atoms with van der Waals surface area (Å²) in [6.45, 7) is 7.91. The smallest absolute Gasteiger partial charge is 0.225 e. The van der Waals surface area contributed by atoms with E-state index in [1.807, 2.05) is 58.0 Å². The molecule has 0 aliphatic heterocycles. The first kappa shape index (κ1) is 19.0. The number of benzene rings is 1. The highest BCUT2D eigenvalue weighted by atomic mass is 32.1. The zero-order chi connectivity index (χ0) is 19.6. The quantitative estimate of drug-likeness (QED) is 0.626. The van der Waals surface area contributed by atoms with Crippen molar-refractivity contribution >= 4 is 28.8 Å². The van der Waals surface area contributed by atoms with Crippen LogP contribution in [0.2, 0.25) is 0 Å². The molecule has 0 aliphatic carbocycles. The zero-order valence-electron chi connectivity index (χ0n) is 16.0. The molecule has 6 heteroatoms. The molecule has 0 spiro atoms. The summed E-state index contributed by atoms with van der Waals surface area (Å²) in [7, 11) is 0. The van der Waals surface area contributed by atoms with Crippen molar-refractivity contribution in [2.24, 2.45) is 0 Å². The number of ketones is 1. The molecular formula is C21H23N3O2S. The summed E-state index contributed by atoms with van der Waals surface area (Å²) in [4.78, 5) is 26.4. The Balaban J connectivity index is 1.70. The molecular weight excluding hydrogens is 358 g/mol. The number of nitrogens with zero attached hydrogens (tertiary/aromatic N) is 2. The van der Waals surface area contributed by atoms with Crippen LogP contribution in [-0.4, -0.2) is 21.5 Å². The average Bonchev–Trinajstić information content (AvgIpc) is 3.17. The summed E-state index contributed by atoms with van der Waals surface area (Å²) in [5.74, 6) is 0.423. The predicted octanol–water partition coefficient (Wildman–Crippen LogP) is 4.77. The summed E-state index contributed by atoms with van der Waals surface area (Å²) in [5.41, 5.74) is 3.98. The molecule has 0 atom stereocenters. The Bertz CT molecular complexity index is 981. The molecule has 140 valence electrons. The van der Waals surface area contributed by atoms with Crippen LogP contribution in [-0.2, 0) is 4.79 Å². The van der Waals surface area contributed by atoms with E-state index < -0.39 is 0 Å². The number of amides is 1. The third-order valence-corrected chi connectivity index (χ3v) is 5.19. The number of carbonyl (C=O) groups is 2. The number of rotatable bonds is 6. The van der Waals surface area contributed by atoms with E-state index in [0.29, 0.717) is 10.7 Å². The van der Waals surface area contributed by atoms with E-state index in [1.165, 1.54) is 11.3 Å². The highest BCUT2D eigenvalue weighted by Gasteiger charge is 2.14. The summed E-state index contributed by atoms with van der Waals surface area (Å²) in [6, 6.07) is 11.7. The second kappa shape index (κ2) is 7.88. The molecule has 0 bridgehead atoms. The third-order valence-electron chi connectivity index (χ3n) is 4.14. The molecule has 27 heavy (non-hydrogen) atoms. The fourth-order valence-electron chi connectivity index (χ4n) is 3.00. The Morgan fingerprint density at radius 3 is 2.33 bits per heavy atom. The van der Waals surface area contributed by atoms with Crippen LogP contribution in [0.5, 0.6) is 0 Å². The van der Waals surface area contributed by atoms with Crippen molar-refractivity contribution in [1.82, 2.24) is 9.78 Å². The third kappa shape index (κ3) is 4.71. The molecule has 3 aromatic rings. The number of nitrogens with one attached hydrogen (secondary N) is 1. The summed E-state index contributed by atoms with van der Waals surface area (Å²) < 4.78 is 1.73. The number of aromatic nitrogens is 2. The minimum atomic E-state index is -0.192. The van der Waals surface area contributed by atoms with Crippen LogP contribution in [0.4, 0.5) is 5.82 Å². The Morgan fingerprint density at radius 1 is 1.00 bits per heavy atom. The van der Waals surface area contributed by atoms with Gasteiger partial charge in [-0.15, -0.1) is 11.3 Å². The lowest BCUT2D eigenvalue weighted by Crippen LogP contribution is -2.16. The van der Waals surface area contributed by atoms with Crippen molar-refractivity contribution in [1.29, 1.82) is 0 Å². The molecule has 0 saturated carbocycles. The lowest BCUT2D eigenvalue weighted by atomic mass is 10.1. The molecule has 2 heterocycles. The molecule has 0 radical (unpaired) electrons. The Kier molecular flexibility index (Phi) is 5.56. The maximum absolute atomic E-state index is 12.4. The van der Waals surface area contributed by atoms with Crippen LogP contribution >= 0.6 is 11.3 Å². The number of Topliss-reactive ketones (excluding diaryl/α,β-unsaturated/α-hetero) is 1. The van der Waals surface area contributed by atoms with Crippen LogP contribution in [0, 0.1) is 27.7 Å². The lowest BCUT2D eigenvalue weighted by molar-refractivity contribution is -0.116. The number of hydrogen-bond acceptors (Lipinski definition) is 4. The standard InChI is InChI=1S/C21H23N3O2S/c1-13-9-14(2)11-17(10-13)24-20(12-15(3)23-24)22-21(26)8-6-18(25)19-7-5-16(4)27-19/h5,7,9-12H,6,8H2,1-4H3,(H,22,26). The second-order valence-corrected chi connectivity index (χ2v) is 8.10. The van der Waals surface area contributed by atoms with Gasteiger partial charge in [0.25, 0.3) is 0 Å². The van der Waals surface area contributed by atoms with Gasteiger partial charge >= 0.3 is 0 Å². The zero-order valence-corrected chi connectivity index (χ0v) is 16.8. The van der Waals surface area contributed by atoms with Gasteiger partial charge in [-0.05, 0) is 63.1 Å². The first-order chi connectivity index (χ1) is 12.8. The normalized spacial score (nSPS) is 10.8. The summed E-state index contributed by atoms with van der Waals surface area (Å²) in [5, 5.41) is 7.39. The first-order valence-corrected chi connectivity index (χ1v) is 9.68. The van der Waals surface area contributed by atoms with E-state index in [-0.39, 0.29) is 24.5 Å². The van der Waals surface area contributed by atoms with Crippen molar-refractivity contribution in [2.45, 2.75) is 40.5 Å². The van der Waals surface area contributed by atoms with Gasteiger partial charge in [-0.1, -0.05) is 6.07 Å². The summed E-state index contributed by atoms with van der Waals surface area (Å²) >= 11 is 1.46. The van der Waals surface area contributed by atoms with Gasteiger partial charge in [0.15, 0.2) is 5.78 Å². The van der Waals surface area contributed by atoms with E-state index in [0.717, 1.165) is 27.4 Å². The van der Waals surface area contributed by atoms with Gasteiger partial charge in [0.1, 0.15) is 5.82 Å². The van der Waals surface area contributed by atoms with Crippen molar-refractivity contribution < 1.29 is 9.59 Å². The molecule has 0 aliphatic rings. The number of hydrogen-bond donors (Lipinski definition) is 1. The maximum atomic E-state index is 12.4. The largest absolute Gasteiger partial charge is 0.311 e. The Morgan fingerprint density at radius 2 is 1.70 bits per heavy atom. The molecule has 0 fully saturated rings. The highest BCUT2D eigenvalue weighted by molar-refractivity contribution is 7.14. The molecule has 1 amide bonds. The van der Waals surface area contributed by atoms with Gasteiger partial charge in [-0.2, -0.15) is 5.10 Å². The minimum Gasteiger partial charge on any atom is -0.311 e. The van der Waals surface area contributed by atoms with Crippen molar-refractivity contribution in [3.8, 4) is 5.69 Å². The van der Waals surface area contributed by atoms with Gasteiger partial charge in [-0.3, -0.25) is 9.59 Å². The van der Waals surface area contributed by atoms with Crippen LogP contribution < -0.4 is 5.32 Å². The topological polar surface area (TPSA) is 64.0 Å². The Hall–Kier alpha value is -2.73. The average molecular weight is 382 g/mol. The van der Waals surface area contributed by atoms with Crippen LogP contribution in [0.3, 0.4) is 0 Å². The number of aryl methyl sites for hydroxylation is 4. The molecule has 2 aromatic heterocycles. The van der Waals surface area contributed by atoms with Gasteiger partial charge in [-0.25, -0.2) is 4.68 Å². The molecule has 0 unspecified atom stereocenters. The fraction of sp³-hybridized carbons (Fsp3) is 0.286. The molecule has 5 nitrogen and oxygen atoms in total. The van der Waals surface area contributed by atoms with E-state index in [2.05, 4.69) is 16.5 Å². The van der Waals surface area contributed by atoms with E-state index in [4.69, 9.17) is 0 Å². The second-order valence-electron chi connectivity index (χ2n) is 6.81. The van der Waals surface area contributed by atoms with E-state index >= 15 is 0 Å². The maximum Gasteiger partial charge on any atom is 0.225 e. The van der Waals surface area contributed by atoms with Gasteiger partial charge in [0.2, 0.25) is 5.91 Å². The van der Waals surface area contributed by atoms with Gasteiger partial charge in [0.05, 0.1) is 16.3 Å². The molecule has 3 rings (SSSR count). The minimum absolute atomic E-state index is 0.00208.